The first-order valence-corrected chi connectivity index (χ1v) is 7.82. The van der Waals surface area contributed by atoms with Crippen LogP contribution in [0.4, 0.5) is 8.78 Å². The maximum atomic E-state index is 12.0. The number of alkyl halides is 2. The van der Waals surface area contributed by atoms with Gasteiger partial charge in [-0.2, -0.15) is 14.0 Å². The van der Waals surface area contributed by atoms with Gasteiger partial charge in [-0.25, -0.2) is 4.98 Å². The van der Waals surface area contributed by atoms with Crippen LogP contribution in [0.25, 0.3) is 0 Å². The molecule has 2 rings (SSSR count). The van der Waals surface area contributed by atoms with E-state index in [1.165, 1.54) is 23.5 Å². The molecule has 120 valence electrons. The van der Waals surface area contributed by atoms with Crippen LogP contribution in [-0.4, -0.2) is 24.4 Å². The number of halogens is 2. The molecule has 0 aliphatic heterocycles. The normalized spacial score (nSPS) is 12.5. The van der Waals surface area contributed by atoms with Crippen LogP contribution in [-0.2, 0) is 6.42 Å². The number of aryl methyl sites for hydroxylation is 1. The summed E-state index contributed by atoms with van der Waals surface area (Å²) in [5, 5.41) is 11.8. The summed E-state index contributed by atoms with van der Waals surface area (Å²) in [4.78, 5) is 8.54. The third-order valence-corrected chi connectivity index (χ3v) is 4.02. The number of aliphatic imine (C=N–C) groups is 1. The zero-order valence-corrected chi connectivity index (χ0v) is 13.3. The van der Waals surface area contributed by atoms with Crippen LogP contribution >= 0.6 is 11.3 Å². The van der Waals surface area contributed by atoms with Gasteiger partial charge in [0.2, 0.25) is 0 Å². The summed E-state index contributed by atoms with van der Waals surface area (Å²) < 4.78 is 28.4. The predicted molar refractivity (Wildman–Crippen MR) is 85.3 cm³/mol. The molecule has 1 aromatic carbocycles. The van der Waals surface area contributed by atoms with Crippen molar-refractivity contribution in [3.63, 3.8) is 0 Å². The monoisotopic (exact) mass is 335 g/mol. The SMILES string of the molecule is Cc1csc([C@@H](C#N)C=NCCc2ccc(OC(F)F)cc2)n1. The fraction of sp³-hybridized carbons (Fsp3) is 0.312. The lowest BCUT2D eigenvalue weighted by Crippen LogP contribution is -2.02. The molecule has 0 radical (unpaired) electrons. The highest BCUT2D eigenvalue weighted by Crippen LogP contribution is 2.18. The van der Waals surface area contributed by atoms with Crippen molar-refractivity contribution in [3.05, 3.63) is 45.9 Å². The van der Waals surface area contributed by atoms with E-state index >= 15 is 0 Å². The summed E-state index contributed by atoms with van der Waals surface area (Å²) in [6.45, 7) is -0.423. The number of nitriles is 1. The Morgan fingerprint density at radius 3 is 2.70 bits per heavy atom. The van der Waals surface area contributed by atoms with Gasteiger partial charge in [0.25, 0.3) is 0 Å². The molecule has 0 bridgehead atoms. The van der Waals surface area contributed by atoms with Crippen molar-refractivity contribution in [2.45, 2.75) is 25.9 Å². The fourth-order valence-electron chi connectivity index (χ4n) is 1.88. The van der Waals surface area contributed by atoms with Crippen LogP contribution in [0.15, 0.2) is 34.6 Å². The molecule has 0 saturated heterocycles. The number of thiazole rings is 1. The fourth-order valence-corrected chi connectivity index (χ4v) is 2.68. The summed E-state index contributed by atoms with van der Waals surface area (Å²) in [5.74, 6) is -0.300. The minimum atomic E-state index is -2.82. The molecular weight excluding hydrogens is 320 g/mol. The summed E-state index contributed by atoms with van der Waals surface area (Å²) in [7, 11) is 0. The smallest absolute Gasteiger partial charge is 0.387 e. The van der Waals surface area contributed by atoms with Crippen LogP contribution in [0.5, 0.6) is 5.75 Å². The summed E-state index contributed by atoms with van der Waals surface area (Å²) in [5.41, 5.74) is 1.85. The van der Waals surface area contributed by atoms with Crippen molar-refractivity contribution in [1.82, 2.24) is 4.98 Å². The molecule has 0 N–H and O–H groups in total. The van der Waals surface area contributed by atoms with Gasteiger partial charge in [0.15, 0.2) is 0 Å². The molecule has 23 heavy (non-hydrogen) atoms. The number of rotatable bonds is 7. The van der Waals surface area contributed by atoms with E-state index in [0.29, 0.717) is 13.0 Å². The van der Waals surface area contributed by atoms with Crippen molar-refractivity contribution in [3.8, 4) is 11.8 Å². The highest BCUT2D eigenvalue weighted by molar-refractivity contribution is 7.09. The van der Waals surface area contributed by atoms with Gasteiger partial charge in [-0.3, -0.25) is 4.99 Å². The van der Waals surface area contributed by atoms with Gasteiger partial charge in [0.1, 0.15) is 16.7 Å². The van der Waals surface area contributed by atoms with Crippen LogP contribution < -0.4 is 4.74 Å². The van der Waals surface area contributed by atoms with Gasteiger partial charge < -0.3 is 4.74 Å². The van der Waals surface area contributed by atoms with Crippen LogP contribution in [0, 0.1) is 18.3 Å². The quantitative estimate of drug-likeness (QED) is 0.719. The van der Waals surface area contributed by atoms with Gasteiger partial charge in [-0.05, 0) is 31.0 Å². The van der Waals surface area contributed by atoms with E-state index in [2.05, 4.69) is 20.8 Å². The Balaban J connectivity index is 1.85. The second-order valence-corrected chi connectivity index (χ2v) is 5.65. The van der Waals surface area contributed by atoms with Crippen LogP contribution in [0.3, 0.4) is 0 Å². The maximum absolute atomic E-state index is 12.0. The summed E-state index contributed by atoms with van der Waals surface area (Å²) >= 11 is 1.44. The molecule has 0 spiro atoms. The third kappa shape index (κ3) is 5.42. The highest BCUT2D eigenvalue weighted by atomic mass is 32.1. The molecule has 0 unspecified atom stereocenters. The van der Waals surface area contributed by atoms with Crippen molar-refractivity contribution in [1.29, 1.82) is 5.26 Å². The molecule has 0 amide bonds. The maximum Gasteiger partial charge on any atom is 0.387 e. The molecule has 2 aromatic rings. The van der Waals surface area contributed by atoms with Gasteiger partial charge in [-0.15, -0.1) is 11.3 Å². The zero-order chi connectivity index (χ0) is 16.7. The molecule has 0 saturated carbocycles. The zero-order valence-electron chi connectivity index (χ0n) is 12.4. The Bertz CT molecular complexity index is 692. The molecule has 0 aliphatic rings. The van der Waals surface area contributed by atoms with Gasteiger partial charge >= 0.3 is 6.61 Å². The average molecular weight is 335 g/mol. The highest BCUT2D eigenvalue weighted by Gasteiger charge is 2.11. The Labute approximate surface area is 137 Å². The number of benzene rings is 1. The average Bonchev–Trinajstić information content (AvgIpc) is 2.95. The van der Waals surface area contributed by atoms with Crippen molar-refractivity contribution in [2.75, 3.05) is 6.54 Å². The van der Waals surface area contributed by atoms with Gasteiger partial charge in [0.05, 0.1) is 6.07 Å². The van der Waals surface area contributed by atoms with Crippen LogP contribution in [0.1, 0.15) is 22.2 Å². The topological polar surface area (TPSA) is 58.3 Å². The van der Waals surface area contributed by atoms with Crippen molar-refractivity contribution >= 4 is 17.6 Å². The minimum Gasteiger partial charge on any atom is -0.435 e. The second-order valence-electron chi connectivity index (χ2n) is 4.76. The minimum absolute atomic E-state index is 0.135. The van der Waals surface area contributed by atoms with Gasteiger partial charge in [-0.1, -0.05) is 12.1 Å². The number of ether oxygens (including phenoxy) is 1. The molecule has 0 aliphatic carbocycles. The molecule has 7 heteroatoms. The summed E-state index contributed by atoms with van der Waals surface area (Å²) in [6, 6.07) is 8.61. The van der Waals surface area contributed by atoms with E-state index in [4.69, 9.17) is 5.26 Å². The molecule has 1 heterocycles. The molecule has 1 atom stereocenters. The van der Waals surface area contributed by atoms with Crippen LogP contribution in [0.2, 0.25) is 0 Å². The lowest BCUT2D eigenvalue weighted by molar-refractivity contribution is -0.0498. The van der Waals surface area contributed by atoms with E-state index in [0.717, 1.165) is 16.3 Å². The Morgan fingerprint density at radius 1 is 1.39 bits per heavy atom. The molecule has 1 aromatic heterocycles. The lowest BCUT2D eigenvalue weighted by atomic mass is 10.1. The first kappa shape index (κ1) is 17.0. The van der Waals surface area contributed by atoms with E-state index < -0.39 is 12.5 Å². The third-order valence-electron chi connectivity index (χ3n) is 2.97. The standard InChI is InChI=1S/C16H15F2N3OS/c1-11-10-23-15(21-11)13(8-19)9-20-7-6-12-2-4-14(5-3-12)22-16(17)18/h2-5,9-10,13,16H,6-7H2,1H3/t13-/m0/s1. The van der Waals surface area contributed by atoms with E-state index in [-0.39, 0.29) is 5.75 Å². The summed E-state index contributed by atoms with van der Waals surface area (Å²) in [6.07, 6.45) is 2.26. The number of hydrogen-bond donors (Lipinski definition) is 0. The molecule has 0 fully saturated rings. The van der Waals surface area contributed by atoms with E-state index in [9.17, 15) is 8.78 Å². The first-order valence-electron chi connectivity index (χ1n) is 6.94. The Hall–Kier alpha value is -2.33. The predicted octanol–water partition coefficient (Wildman–Crippen LogP) is 3.97. The second kappa shape index (κ2) is 8.34. The van der Waals surface area contributed by atoms with E-state index in [1.807, 2.05) is 12.3 Å². The Morgan fingerprint density at radius 2 is 2.13 bits per heavy atom. The number of hydrogen-bond acceptors (Lipinski definition) is 5. The van der Waals surface area contributed by atoms with Crippen molar-refractivity contribution in [2.24, 2.45) is 4.99 Å². The Kier molecular flexibility index (Phi) is 6.18. The lowest BCUT2D eigenvalue weighted by Gasteiger charge is -2.05. The van der Waals surface area contributed by atoms with E-state index in [1.54, 1.807) is 18.3 Å². The van der Waals surface area contributed by atoms with Gasteiger partial charge in [0, 0.05) is 23.8 Å². The first-order chi connectivity index (χ1) is 11.1. The molecule has 4 nitrogen and oxygen atoms in total. The van der Waals surface area contributed by atoms with Crippen molar-refractivity contribution < 1.29 is 13.5 Å². The largest absolute Gasteiger partial charge is 0.435 e. The molecular formula is C16H15F2N3OS. The number of aromatic nitrogens is 1. The number of nitrogens with zero attached hydrogens (tertiary/aromatic N) is 3.